The molecule has 0 saturated carbocycles. The van der Waals surface area contributed by atoms with Crippen molar-refractivity contribution in [1.29, 1.82) is 0 Å². The van der Waals surface area contributed by atoms with Crippen molar-refractivity contribution >= 4 is 66.2 Å². The standard InChI is InChI=1S/C23H23Cl2N3O5S2/c1-15-4-5-18(25)14-22(15)27-35(32,33)21-12-8-19(9-13-21)26-23(29)16(2)28(34(3,30)31)20-10-6-17(24)7-11-20/h4-14,16,27H,1-3H3,(H,26,29)/t16-/m1/s1. The average Bonchev–Trinajstić information content (AvgIpc) is 2.77. The lowest BCUT2D eigenvalue weighted by atomic mass is 10.2. The summed E-state index contributed by atoms with van der Waals surface area (Å²) >= 11 is 11.8. The molecule has 186 valence electrons. The highest BCUT2D eigenvalue weighted by Crippen LogP contribution is 2.26. The van der Waals surface area contributed by atoms with E-state index in [0.717, 1.165) is 10.6 Å². The van der Waals surface area contributed by atoms with E-state index < -0.39 is 32.0 Å². The van der Waals surface area contributed by atoms with E-state index in [4.69, 9.17) is 23.2 Å². The Balaban J connectivity index is 1.77. The summed E-state index contributed by atoms with van der Waals surface area (Å²) in [6.45, 7) is 3.19. The number of halogens is 2. The second-order valence-corrected chi connectivity index (χ2v) is 12.2. The normalized spacial score (nSPS) is 12.6. The fraction of sp³-hybridized carbons (Fsp3) is 0.174. The van der Waals surface area contributed by atoms with E-state index in [1.54, 1.807) is 19.1 Å². The highest BCUT2D eigenvalue weighted by molar-refractivity contribution is 7.92. The Kier molecular flexibility index (Phi) is 8.00. The number of carbonyl (C=O) groups is 1. The lowest BCUT2D eigenvalue weighted by molar-refractivity contribution is -0.116. The van der Waals surface area contributed by atoms with Crippen molar-refractivity contribution in [3.63, 3.8) is 0 Å². The van der Waals surface area contributed by atoms with E-state index in [9.17, 15) is 21.6 Å². The molecule has 0 aliphatic carbocycles. The van der Waals surface area contributed by atoms with Crippen molar-refractivity contribution in [2.75, 3.05) is 20.6 Å². The monoisotopic (exact) mass is 555 g/mol. The largest absolute Gasteiger partial charge is 0.324 e. The second kappa shape index (κ2) is 10.4. The Labute approximate surface area is 215 Å². The van der Waals surface area contributed by atoms with E-state index in [1.807, 2.05) is 0 Å². The van der Waals surface area contributed by atoms with Crippen LogP contribution in [-0.4, -0.2) is 35.0 Å². The third kappa shape index (κ3) is 6.66. The Bertz CT molecular complexity index is 1440. The first-order valence-electron chi connectivity index (χ1n) is 10.2. The number of hydrogen-bond donors (Lipinski definition) is 2. The van der Waals surface area contributed by atoms with Gasteiger partial charge in [-0.1, -0.05) is 29.3 Å². The molecule has 1 amide bonds. The van der Waals surface area contributed by atoms with Crippen LogP contribution in [0.4, 0.5) is 17.1 Å². The third-order valence-electron chi connectivity index (χ3n) is 5.05. The molecule has 3 aromatic carbocycles. The van der Waals surface area contributed by atoms with Gasteiger partial charge in [-0.05, 0) is 80.1 Å². The van der Waals surface area contributed by atoms with E-state index in [2.05, 4.69) is 10.0 Å². The van der Waals surface area contributed by atoms with Crippen molar-refractivity contribution in [3.05, 3.63) is 82.3 Å². The highest BCUT2D eigenvalue weighted by Gasteiger charge is 2.29. The van der Waals surface area contributed by atoms with Gasteiger partial charge < -0.3 is 5.32 Å². The van der Waals surface area contributed by atoms with Gasteiger partial charge in [0, 0.05) is 15.7 Å². The summed E-state index contributed by atoms with van der Waals surface area (Å²) in [7, 11) is -7.70. The van der Waals surface area contributed by atoms with Crippen LogP contribution in [0.5, 0.6) is 0 Å². The quantitative estimate of drug-likeness (QED) is 0.410. The lowest BCUT2D eigenvalue weighted by Gasteiger charge is -2.28. The zero-order valence-electron chi connectivity index (χ0n) is 19.0. The molecular formula is C23H23Cl2N3O5S2. The molecule has 0 fully saturated rings. The van der Waals surface area contributed by atoms with Gasteiger partial charge in [0.2, 0.25) is 15.9 Å². The molecule has 0 radical (unpaired) electrons. The van der Waals surface area contributed by atoms with Gasteiger partial charge in [-0.15, -0.1) is 0 Å². The Morgan fingerprint density at radius 1 is 0.886 bits per heavy atom. The van der Waals surface area contributed by atoms with Crippen molar-refractivity contribution in [1.82, 2.24) is 0 Å². The van der Waals surface area contributed by atoms with Crippen LogP contribution in [0.1, 0.15) is 12.5 Å². The predicted octanol–water partition coefficient (Wildman–Crippen LogP) is 4.90. The summed E-state index contributed by atoms with van der Waals surface area (Å²) in [6.07, 6.45) is 1.000. The van der Waals surface area contributed by atoms with Gasteiger partial charge in [-0.2, -0.15) is 0 Å². The molecule has 0 saturated heterocycles. The number of benzene rings is 3. The molecule has 3 rings (SSSR count). The van der Waals surface area contributed by atoms with Crippen LogP contribution in [-0.2, 0) is 24.8 Å². The molecule has 3 aromatic rings. The van der Waals surface area contributed by atoms with Crippen molar-refractivity contribution in [2.45, 2.75) is 24.8 Å². The minimum absolute atomic E-state index is 0.0261. The van der Waals surface area contributed by atoms with Crippen molar-refractivity contribution in [2.24, 2.45) is 0 Å². The summed E-state index contributed by atoms with van der Waals surface area (Å²) < 4.78 is 53.8. The number of rotatable bonds is 8. The van der Waals surface area contributed by atoms with E-state index >= 15 is 0 Å². The van der Waals surface area contributed by atoms with Crippen LogP contribution in [0.3, 0.4) is 0 Å². The molecule has 8 nitrogen and oxygen atoms in total. The van der Waals surface area contributed by atoms with Crippen LogP contribution in [0.2, 0.25) is 10.0 Å². The number of hydrogen-bond acceptors (Lipinski definition) is 5. The number of sulfonamides is 2. The number of aryl methyl sites for hydroxylation is 1. The van der Waals surface area contributed by atoms with Crippen LogP contribution < -0.4 is 14.3 Å². The van der Waals surface area contributed by atoms with Gasteiger partial charge >= 0.3 is 0 Å². The molecule has 0 aromatic heterocycles. The number of nitrogens with zero attached hydrogens (tertiary/aromatic N) is 1. The summed E-state index contributed by atoms with van der Waals surface area (Å²) in [4.78, 5) is 12.8. The molecule has 0 aliphatic rings. The zero-order valence-corrected chi connectivity index (χ0v) is 22.1. The van der Waals surface area contributed by atoms with Crippen LogP contribution in [0, 0.1) is 6.92 Å². The number of amides is 1. The van der Waals surface area contributed by atoms with Gasteiger partial charge in [0.15, 0.2) is 0 Å². The molecule has 0 aliphatic heterocycles. The lowest BCUT2D eigenvalue weighted by Crippen LogP contribution is -2.45. The fourth-order valence-electron chi connectivity index (χ4n) is 3.27. The van der Waals surface area contributed by atoms with Gasteiger partial charge in [-0.25, -0.2) is 16.8 Å². The molecule has 0 bridgehead atoms. The maximum atomic E-state index is 12.8. The van der Waals surface area contributed by atoms with Gasteiger partial charge in [0.05, 0.1) is 22.5 Å². The Hall–Kier alpha value is -2.79. The summed E-state index contributed by atoms with van der Waals surface area (Å²) in [6, 6.07) is 15.3. The fourth-order valence-corrected chi connectivity index (χ4v) is 5.86. The Morgan fingerprint density at radius 3 is 2.03 bits per heavy atom. The first-order valence-corrected chi connectivity index (χ1v) is 14.3. The molecule has 0 unspecified atom stereocenters. The third-order valence-corrected chi connectivity index (χ3v) is 8.16. The zero-order chi connectivity index (χ0) is 26.0. The minimum Gasteiger partial charge on any atom is -0.324 e. The first kappa shape index (κ1) is 26.8. The highest BCUT2D eigenvalue weighted by atomic mass is 35.5. The van der Waals surface area contributed by atoms with Crippen molar-refractivity contribution in [3.8, 4) is 0 Å². The van der Waals surface area contributed by atoms with Gasteiger partial charge in [0.1, 0.15) is 6.04 Å². The minimum atomic E-state index is -3.91. The maximum absolute atomic E-state index is 12.8. The average molecular weight is 556 g/mol. The molecular weight excluding hydrogens is 533 g/mol. The van der Waals surface area contributed by atoms with E-state index in [-0.39, 0.29) is 10.6 Å². The predicted molar refractivity (Wildman–Crippen MR) is 140 cm³/mol. The van der Waals surface area contributed by atoms with E-state index in [1.165, 1.54) is 61.5 Å². The molecule has 0 spiro atoms. The summed E-state index contributed by atoms with van der Waals surface area (Å²) in [5.74, 6) is -0.603. The smallest absolute Gasteiger partial charge is 0.261 e. The summed E-state index contributed by atoms with van der Waals surface area (Å²) in [5.41, 5.74) is 1.63. The maximum Gasteiger partial charge on any atom is 0.261 e. The number of carbonyl (C=O) groups excluding carboxylic acids is 1. The van der Waals surface area contributed by atoms with Gasteiger partial charge in [0.25, 0.3) is 10.0 Å². The Morgan fingerprint density at radius 2 is 1.46 bits per heavy atom. The SMILES string of the molecule is Cc1ccc(Cl)cc1NS(=O)(=O)c1ccc(NC(=O)[C@@H](C)N(c2ccc(Cl)cc2)S(C)(=O)=O)cc1. The van der Waals surface area contributed by atoms with E-state index in [0.29, 0.717) is 27.0 Å². The topological polar surface area (TPSA) is 113 Å². The molecule has 2 N–H and O–H groups in total. The summed E-state index contributed by atoms with van der Waals surface area (Å²) in [5, 5.41) is 3.43. The second-order valence-electron chi connectivity index (χ2n) is 7.79. The molecule has 1 atom stereocenters. The molecule has 12 heteroatoms. The number of nitrogens with one attached hydrogen (secondary N) is 2. The van der Waals surface area contributed by atoms with Crippen LogP contribution in [0.25, 0.3) is 0 Å². The van der Waals surface area contributed by atoms with Gasteiger partial charge in [-0.3, -0.25) is 13.8 Å². The van der Waals surface area contributed by atoms with Crippen LogP contribution in [0.15, 0.2) is 71.6 Å². The molecule has 35 heavy (non-hydrogen) atoms. The number of anilines is 3. The molecule has 0 heterocycles. The van der Waals surface area contributed by atoms with Crippen LogP contribution >= 0.6 is 23.2 Å². The first-order chi connectivity index (χ1) is 16.3. The van der Waals surface area contributed by atoms with Crippen molar-refractivity contribution < 1.29 is 21.6 Å².